The molecule has 0 bridgehead atoms. The molecule has 0 unspecified atom stereocenters. The minimum absolute atomic E-state index is 0.163. The minimum Gasteiger partial charge on any atom is -0.496 e. The first kappa shape index (κ1) is 18.6. The molecule has 0 aliphatic rings. The van der Waals surface area contributed by atoms with E-state index in [0.29, 0.717) is 39.4 Å². The third kappa shape index (κ3) is 3.18. The number of methoxy groups -OCH3 is 3. The third-order valence-corrected chi connectivity index (χ3v) is 4.88. The number of rotatable bonds is 5. The van der Waals surface area contributed by atoms with Crippen LogP contribution in [-0.4, -0.2) is 37.4 Å². The van der Waals surface area contributed by atoms with Crippen molar-refractivity contribution in [3.05, 3.63) is 60.2 Å². The number of nitrogens with zero attached hydrogens (tertiary/aromatic N) is 1. The van der Waals surface area contributed by atoms with Gasteiger partial charge in [-0.2, -0.15) is 0 Å². The van der Waals surface area contributed by atoms with Crippen molar-refractivity contribution in [3.63, 3.8) is 0 Å². The van der Waals surface area contributed by atoms with Gasteiger partial charge in [0, 0.05) is 17.5 Å². The molecule has 1 aromatic heterocycles. The standard InChI is InChI=1S/C23H19NO5/c1-27-15-10-20(28-2)22(21(11-15)29-3)19-12-17(23(25)26)16-8-13-6-4-5-7-14(13)9-18(16)24-19/h4-12H,1-3H3,(H,25,26). The molecule has 0 amide bonds. The highest BCUT2D eigenvalue weighted by Gasteiger charge is 2.20. The second-order valence-corrected chi connectivity index (χ2v) is 6.48. The number of benzene rings is 3. The van der Waals surface area contributed by atoms with Crippen LogP contribution in [0.3, 0.4) is 0 Å². The van der Waals surface area contributed by atoms with Gasteiger partial charge in [0.25, 0.3) is 0 Å². The average molecular weight is 389 g/mol. The molecule has 1 heterocycles. The van der Waals surface area contributed by atoms with Gasteiger partial charge < -0.3 is 19.3 Å². The quantitative estimate of drug-likeness (QED) is 0.495. The Morgan fingerprint density at radius 3 is 2.03 bits per heavy atom. The molecule has 6 heteroatoms. The summed E-state index contributed by atoms with van der Waals surface area (Å²) in [4.78, 5) is 16.8. The summed E-state index contributed by atoms with van der Waals surface area (Å²) in [5.41, 5.74) is 1.75. The molecule has 0 saturated carbocycles. The highest BCUT2D eigenvalue weighted by atomic mass is 16.5. The number of ether oxygens (including phenoxy) is 3. The maximum Gasteiger partial charge on any atom is 0.336 e. The van der Waals surface area contributed by atoms with Crippen LogP contribution < -0.4 is 14.2 Å². The Morgan fingerprint density at radius 2 is 1.48 bits per heavy atom. The van der Waals surface area contributed by atoms with Crippen molar-refractivity contribution >= 4 is 27.6 Å². The summed E-state index contributed by atoms with van der Waals surface area (Å²) >= 11 is 0. The summed E-state index contributed by atoms with van der Waals surface area (Å²) in [5, 5.41) is 12.4. The Bertz CT molecular complexity index is 1220. The van der Waals surface area contributed by atoms with Crippen LogP contribution in [-0.2, 0) is 0 Å². The van der Waals surface area contributed by atoms with Crippen LogP contribution in [0, 0.1) is 0 Å². The van der Waals surface area contributed by atoms with E-state index < -0.39 is 5.97 Å². The predicted octanol–water partition coefficient (Wildman–Crippen LogP) is 4.78. The first-order valence-corrected chi connectivity index (χ1v) is 8.93. The summed E-state index contributed by atoms with van der Waals surface area (Å²) < 4.78 is 16.3. The van der Waals surface area contributed by atoms with Gasteiger partial charge in [-0.1, -0.05) is 24.3 Å². The molecular weight excluding hydrogens is 370 g/mol. The molecule has 6 nitrogen and oxygen atoms in total. The molecule has 0 aliphatic heterocycles. The van der Waals surface area contributed by atoms with Crippen molar-refractivity contribution in [2.24, 2.45) is 0 Å². The lowest BCUT2D eigenvalue weighted by molar-refractivity contribution is 0.0699. The van der Waals surface area contributed by atoms with Crippen LogP contribution in [0.15, 0.2) is 54.6 Å². The molecule has 0 atom stereocenters. The fourth-order valence-corrected chi connectivity index (χ4v) is 3.48. The SMILES string of the molecule is COc1cc(OC)c(-c2cc(C(=O)O)c3cc4ccccc4cc3n2)c(OC)c1. The fraction of sp³-hybridized carbons (Fsp3) is 0.130. The lowest BCUT2D eigenvalue weighted by Gasteiger charge is -2.16. The molecule has 1 N–H and O–H groups in total. The first-order valence-electron chi connectivity index (χ1n) is 8.93. The van der Waals surface area contributed by atoms with E-state index in [9.17, 15) is 9.90 Å². The Morgan fingerprint density at radius 1 is 0.862 bits per heavy atom. The van der Waals surface area contributed by atoms with E-state index in [1.807, 2.05) is 36.4 Å². The third-order valence-electron chi connectivity index (χ3n) is 4.88. The van der Waals surface area contributed by atoms with Crippen LogP contribution in [0.2, 0.25) is 0 Å². The molecule has 0 saturated heterocycles. The fourth-order valence-electron chi connectivity index (χ4n) is 3.48. The number of aromatic carboxylic acids is 1. The summed E-state index contributed by atoms with van der Waals surface area (Å²) in [6.45, 7) is 0. The number of carboxylic acids is 1. The van der Waals surface area contributed by atoms with Gasteiger partial charge in [0.05, 0.1) is 43.7 Å². The average Bonchev–Trinajstić information content (AvgIpc) is 2.75. The van der Waals surface area contributed by atoms with E-state index >= 15 is 0 Å². The van der Waals surface area contributed by atoms with Gasteiger partial charge in [-0.3, -0.25) is 0 Å². The van der Waals surface area contributed by atoms with Gasteiger partial charge in [-0.25, -0.2) is 9.78 Å². The van der Waals surface area contributed by atoms with E-state index in [1.165, 1.54) is 14.2 Å². The molecule has 0 spiro atoms. The number of pyridine rings is 1. The van der Waals surface area contributed by atoms with Crippen molar-refractivity contribution in [2.45, 2.75) is 0 Å². The van der Waals surface area contributed by atoms with Crippen LogP contribution in [0.4, 0.5) is 0 Å². The lowest BCUT2D eigenvalue weighted by atomic mass is 10.00. The van der Waals surface area contributed by atoms with Crippen molar-refractivity contribution in [2.75, 3.05) is 21.3 Å². The molecule has 29 heavy (non-hydrogen) atoms. The molecule has 0 fully saturated rings. The predicted molar refractivity (Wildman–Crippen MR) is 111 cm³/mol. The van der Waals surface area contributed by atoms with Gasteiger partial charge in [0.1, 0.15) is 17.2 Å². The van der Waals surface area contributed by atoms with Crippen LogP contribution in [0.25, 0.3) is 32.9 Å². The number of hydrogen-bond acceptors (Lipinski definition) is 5. The van der Waals surface area contributed by atoms with Gasteiger partial charge in [0.15, 0.2) is 0 Å². The molecule has 3 aromatic carbocycles. The van der Waals surface area contributed by atoms with Crippen molar-refractivity contribution < 1.29 is 24.1 Å². The van der Waals surface area contributed by atoms with Crippen LogP contribution in [0.5, 0.6) is 17.2 Å². The molecule has 0 aliphatic carbocycles. The van der Waals surface area contributed by atoms with Gasteiger partial charge in [0.2, 0.25) is 0 Å². The Balaban J connectivity index is 2.07. The maximum absolute atomic E-state index is 12.0. The lowest BCUT2D eigenvalue weighted by Crippen LogP contribution is -2.02. The van der Waals surface area contributed by atoms with Gasteiger partial charge in [-0.15, -0.1) is 0 Å². The van der Waals surface area contributed by atoms with Crippen molar-refractivity contribution in [1.29, 1.82) is 0 Å². The van der Waals surface area contributed by atoms with Crippen molar-refractivity contribution in [1.82, 2.24) is 4.98 Å². The van der Waals surface area contributed by atoms with Crippen molar-refractivity contribution in [3.8, 4) is 28.5 Å². The normalized spacial score (nSPS) is 10.9. The minimum atomic E-state index is -1.03. The number of carboxylic acid groups (broad SMARTS) is 1. The summed E-state index contributed by atoms with van der Waals surface area (Å²) in [7, 11) is 4.62. The highest BCUT2D eigenvalue weighted by molar-refractivity contribution is 6.08. The number of aromatic nitrogens is 1. The van der Waals surface area contributed by atoms with Gasteiger partial charge in [-0.05, 0) is 29.0 Å². The van der Waals surface area contributed by atoms with E-state index in [2.05, 4.69) is 0 Å². The smallest absolute Gasteiger partial charge is 0.336 e. The van der Waals surface area contributed by atoms with Gasteiger partial charge >= 0.3 is 5.97 Å². The van der Waals surface area contributed by atoms with E-state index in [0.717, 1.165) is 10.8 Å². The molecule has 0 radical (unpaired) electrons. The largest absolute Gasteiger partial charge is 0.496 e. The molecule has 4 aromatic rings. The number of fused-ring (bicyclic) bond motifs is 2. The second-order valence-electron chi connectivity index (χ2n) is 6.48. The Hall–Kier alpha value is -3.80. The zero-order chi connectivity index (χ0) is 20.5. The second kappa shape index (κ2) is 7.31. The van der Waals surface area contributed by atoms with E-state index in [-0.39, 0.29) is 5.56 Å². The first-order chi connectivity index (χ1) is 14.0. The maximum atomic E-state index is 12.0. The summed E-state index contributed by atoms with van der Waals surface area (Å²) in [6, 6.07) is 16.5. The van der Waals surface area contributed by atoms with Crippen LogP contribution >= 0.6 is 0 Å². The zero-order valence-electron chi connectivity index (χ0n) is 16.2. The van der Waals surface area contributed by atoms with E-state index in [1.54, 1.807) is 25.3 Å². The molecule has 146 valence electrons. The highest BCUT2D eigenvalue weighted by Crippen LogP contribution is 2.42. The summed E-state index contributed by atoms with van der Waals surface area (Å²) in [5.74, 6) is 0.489. The van der Waals surface area contributed by atoms with Crippen LogP contribution in [0.1, 0.15) is 10.4 Å². The zero-order valence-corrected chi connectivity index (χ0v) is 16.2. The molecule has 4 rings (SSSR count). The molecular formula is C23H19NO5. The van der Waals surface area contributed by atoms with E-state index in [4.69, 9.17) is 19.2 Å². The number of hydrogen-bond donors (Lipinski definition) is 1. The summed E-state index contributed by atoms with van der Waals surface area (Å²) in [6.07, 6.45) is 0. The number of carbonyl (C=O) groups is 1. The monoisotopic (exact) mass is 389 g/mol. The topological polar surface area (TPSA) is 77.9 Å². The Labute approximate surface area is 167 Å². The Kier molecular flexibility index (Phi) is 4.68.